The van der Waals surface area contributed by atoms with Crippen LogP contribution in [-0.2, 0) is 0 Å². The molecule has 0 saturated heterocycles. The maximum Gasteiger partial charge on any atom is 0.131 e. The number of hydrogen-bond donors (Lipinski definition) is 1. The van der Waals surface area contributed by atoms with E-state index in [0.29, 0.717) is 0 Å². The third kappa shape index (κ3) is 2.36. The molecule has 80 valence electrons. The molecule has 1 aliphatic heterocycles. The van der Waals surface area contributed by atoms with Crippen molar-refractivity contribution in [2.75, 3.05) is 19.6 Å². The zero-order chi connectivity index (χ0) is 10.7. The summed E-state index contributed by atoms with van der Waals surface area (Å²) in [5.74, 6) is 1.09. The molecule has 1 unspecified atom stereocenters. The standard InChI is InChI=1S/C12H17N3/c1-10(13)9-15-8-7-14-12(15)11-5-3-2-4-6-11/h2-6,10H,7-9,13H2,1H3. The average molecular weight is 203 g/mol. The van der Waals surface area contributed by atoms with Crippen molar-refractivity contribution in [1.29, 1.82) is 0 Å². The molecule has 15 heavy (non-hydrogen) atoms. The van der Waals surface area contributed by atoms with Gasteiger partial charge in [0.05, 0.1) is 6.54 Å². The van der Waals surface area contributed by atoms with Crippen molar-refractivity contribution in [3.63, 3.8) is 0 Å². The molecule has 1 aromatic carbocycles. The van der Waals surface area contributed by atoms with Crippen molar-refractivity contribution in [3.8, 4) is 0 Å². The number of benzene rings is 1. The van der Waals surface area contributed by atoms with Gasteiger partial charge in [-0.05, 0) is 6.92 Å². The maximum absolute atomic E-state index is 5.82. The minimum Gasteiger partial charge on any atom is -0.353 e. The first-order valence-corrected chi connectivity index (χ1v) is 5.38. The van der Waals surface area contributed by atoms with E-state index in [0.717, 1.165) is 25.5 Å². The Balaban J connectivity index is 2.15. The molecule has 1 aliphatic rings. The van der Waals surface area contributed by atoms with Crippen LogP contribution in [0.3, 0.4) is 0 Å². The van der Waals surface area contributed by atoms with E-state index in [1.165, 1.54) is 5.56 Å². The molecule has 3 nitrogen and oxygen atoms in total. The normalized spacial score (nSPS) is 17.7. The second-order valence-electron chi connectivity index (χ2n) is 3.99. The quantitative estimate of drug-likeness (QED) is 0.799. The highest BCUT2D eigenvalue weighted by Crippen LogP contribution is 2.11. The van der Waals surface area contributed by atoms with Crippen molar-refractivity contribution in [2.24, 2.45) is 10.7 Å². The van der Waals surface area contributed by atoms with Crippen molar-refractivity contribution in [3.05, 3.63) is 35.9 Å². The van der Waals surface area contributed by atoms with Gasteiger partial charge in [0, 0.05) is 24.7 Å². The van der Waals surface area contributed by atoms with Gasteiger partial charge in [0.15, 0.2) is 0 Å². The molecule has 0 aliphatic carbocycles. The number of amidine groups is 1. The monoisotopic (exact) mass is 203 g/mol. The summed E-state index contributed by atoms with van der Waals surface area (Å²) in [4.78, 5) is 6.79. The number of aliphatic imine (C=N–C) groups is 1. The molecule has 0 fully saturated rings. The van der Waals surface area contributed by atoms with Gasteiger partial charge in [-0.25, -0.2) is 0 Å². The summed E-state index contributed by atoms with van der Waals surface area (Å²) in [5, 5.41) is 0. The molecule has 1 heterocycles. The van der Waals surface area contributed by atoms with Crippen LogP contribution in [0.4, 0.5) is 0 Å². The topological polar surface area (TPSA) is 41.6 Å². The summed E-state index contributed by atoms with van der Waals surface area (Å²) in [6, 6.07) is 10.5. The van der Waals surface area contributed by atoms with Crippen molar-refractivity contribution < 1.29 is 0 Å². The van der Waals surface area contributed by atoms with Gasteiger partial charge in [0.2, 0.25) is 0 Å². The highest BCUT2D eigenvalue weighted by atomic mass is 15.2. The molecule has 0 radical (unpaired) electrons. The van der Waals surface area contributed by atoms with Crippen LogP contribution >= 0.6 is 0 Å². The summed E-state index contributed by atoms with van der Waals surface area (Å²) < 4.78 is 0. The second-order valence-corrected chi connectivity index (χ2v) is 3.99. The van der Waals surface area contributed by atoms with Gasteiger partial charge in [0.1, 0.15) is 5.84 Å². The molecule has 3 heteroatoms. The van der Waals surface area contributed by atoms with E-state index in [-0.39, 0.29) is 6.04 Å². The smallest absolute Gasteiger partial charge is 0.131 e. The zero-order valence-corrected chi connectivity index (χ0v) is 9.06. The lowest BCUT2D eigenvalue weighted by atomic mass is 10.2. The Hall–Kier alpha value is -1.35. The van der Waals surface area contributed by atoms with Crippen molar-refractivity contribution in [2.45, 2.75) is 13.0 Å². The molecule has 1 aromatic rings. The molecule has 0 spiro atoms. The van der Waals surface area contributed by atoms with Gasteiger partial charge >= 0.3 is 0 Å². The van der Waals surface area contributed by atoms with Crippen LogP contribution < -0.4 is 5.73 Å². The Labute approximate surface area is 90.6 Å². The lowest BCUT2D eigenvalue weighted by Gasteiger charge is -2.22. The SMILES string of the molecule is CC(N)CN1CCN=C1c1ccccc1. The molecule has 0 amide bonds. The lowest BCUT2D eigenvalue weighted by Crippen LogP contribution is -2.38. The molecule has 2 rings (SSSR count). The third-order valence-corrected chi connectivity index (χ3v) is 2.47. The van der Waals surface area contributed by atoms with Gasteiger partial charge < -0.3 is 10.6 Å². The molecule has 0 bridgehead atoms. The fourth-order valence-electron chi connectivity index (χ4n) is 1.87. The number of nitrogens with zero attached hydrogens (tertiary/aromatic N) is 2. The minimum atomic E-state index is 0.192. The van der Waals surface area contributed by atoms with Crippen LogP contribution in [0, 0.1) is 0 Å². The highest BCUT2D eigenvalue weighted by molar-refractivity contribution is 5.99. The first kappa shape index (κ1) is 10.2. The van der Waals surface area contributed by atoms with Crippen LogP contribution in [-0.4, -0.2) is 36.4 Å². The lowest BCUT2D eigenvalue weighted by molar-refractivity contribution is 0.426. The average Bonchev–Trinajstić information content (AvgIpc) is 2.66. The van der Waals surface area contributed by atoms with E-state index in [2.05, 4.69) is 22.0 Å². The Morgan fingerprint density at radius 2 is 2.13 bits per heavy atom. The Kier molecular flexibility index (Phi) is 3.02. The number of rotatable bonds is 3. The van der Waals surface area contributed by atoms with Crippen LogP contribution in [0.25, 0.3) is 0 Å². The predicted molar refractivity (Wildman–Crippen MR) is 63.1 cm³/mol. The Bertz CT molecular complexity index is 343. The number of hydrogen-bond acceptors (Lipinski definition) is 3. The van der Waals surface area contributed by atoms with E-state index in [9.17, 15) is 0 Å². The van der Waals surface area contributed by atoms with E-state index in [4.69, 9.17) is 5.73 Å². The van der Waals surface area contributed by atoms with E-state index in [1.54, 1.807) is 0 Å². The van der Waals surface area contributed by atoms with Crippen LogP contribution in [0.2, 0.25) is 0 Å². The summed E-state index contributed by atoms with van der Waals surface area (Å²) in [5.41, 5.74) is 7.01. The maximum atomic E-state index is 5.82. The van der Waals surface area contributed by atoms with Crippen LogP contribution in [0.1, 0.15) is 12.5 Å². The van der Waals surface area contributed by atoms with Crippen LogP contribution in [0.5, 0.6) is 0 Å². The summed E-state index contributed by atoms with van der Waals surface area (Å²) in [7, 11) is 0. The zero-order valence-electron chi connectivity index (χ0n) is 9.06. The largest absolute Gasteiger partial charge is 0.353 e. The summed E-state index contributed by atoms with van der Waals surface area (Å²) >= 11 is 0. The van der Waals surface area contributed by atoms with Crippen molar-refractivity contribution >= 4 is 5.84 Å². The van der Waals surface area contributed by atoms with E-state index < -0.39 is 0 Å². The van der Waals surface area contributed by atoms with E-state index in [1.807, 2.05) is 25.1 Å². The Morgan fingerprint density at radius 3 is 2.80 bits per heavy atom. The molecule has 2 N–H and O–H groups in total. The first-order chi connectivity index (χ1) is 7.27. The Morgan fingerprint density at radius 1 is 1.40 bits per heavy atom. The van der Waals surface area contributed by atoms with Gasteiger partial charge in [-0.2, -0.15) is 0 Å². The van der Waals surface area contributed by atoms with Gasteiger partial charge in [-0.3, -0.25) is 4.99 Å². The van der Waals surface area contributed by atoms with Crippen molar-refractivity contribution in [1.82, 2.24) is 4.90 Å². The van der Waals surface area contributed by atoms with Crippen LogP contribution in [0.15, 0.2) is 35.3 Å². The molecule has 0 aromatic heterocycles. The third-order valence-electron chi connectivity index (χ3n) is 2.47. The summed E-state index contributed by atoms with van der Waals surface area (Å²) in [6.45, 7) is 4.79. The number of nitrogens with two attached hydrogens (primary N) is 1. The molecule has 0 saturated carbocycles. The minimum absolute atomic E-state index is 0.192. The fraction of sp³-hybridized carbons (Fsp3) is 0.417. The predicted octanol–water partition coefficient (Wildman–Crippen LogP) is 1.10. The highest BCUT2D eigenvalue weighted by Gasteiger charge is 2.18. The van der Waals surface area contributed by atoms with Gasteiger partial charge in [-0.1, -0.05) is 30.3 Å². The molecular weight excluding hydrogens is 186 g/mol. The summed E-state index contributed by atoms with van der Waals surface area (Å²) in [6.07, 6.45) is 0. The first-order valence-electron chi connectivity index (χ1n) is 5.38. The van der Waals surface area contributed by atoms with Gasteiger partial charge in [0.25, 0.3) is 0 Å². The second kappa shape index (κ2) is 4.45. The molecule has 1 atom stereocenters. The fourth-order valence-corrected chi connectivity index (χ4v) is 1.87. The molecular formula is C12H17N3. The van der Waals surface area contributed by atoms with Gasteiger partial charge in [-0.15, -0.1) is 0 Å². The van der Waals surface area contributed by atoms with E-state index >= 15 is 0 Å².